The Morgan fingerprint density at radius 1 is 1.24 bits per heavy atom. The molecule has 0 radical (unpaired) electrons. The van der Waals surface area contributed by atoms with E-state index in [1.54, 1.807) is 0 Å². The first-order chi connectivity index (χ1) is 8.13. The van der Waals surface area contributed by atoms with Crippen LogP contribution < -0.4 is 0 Å². The van der Waals surface area contributed by atoms with Gasteiger partial charge >= 0.3 is 0 Å². The lowest BCUT2D eigenvalue weighted by Gasteiger charge is -2.08. The van der Waals surface area contributed by atoms with Gasteiger partial charge in [0.05, 0.1) is 12.3 Å². The molecule has 1 N–H and O–H groups in total. The predicted molar refractivity (Wildman–Crippen MR) is 71.0 cm³/mol. The largest absolute Gasteiger partial charge is 0.392 e. The Bertz CT molecular complexity index is 342. The minimum Gasteiger partial charge on any atom is -0.392 e. The van der Waals surface area contributed by atoms with Crippen molar-refractivity contribution in [1.29, 1.82) is 0 Å². The molecular weight excluding hydrogens is 212 g/mol. The van der Waals surface area contributed by atoms with Crippen LogP contribution in [0.5, 0.6) is 0 Å². The van der Waals surface area contributed by atoms with Gasteiger partial charge in [0.2, 0.25) is 0 Å². The molecule has 0 aromatic carbocycles. The third-order valence-electron chi connectivity index (χ3n) is 3.23. The molecule has 3 heteroatoms. The highest BCUT2D eigenvalue weighted by atomic mass is 16.3. The number of aliphatic hydroxyl groups excluding tert-OH is 1. The summed E-state index contributed by atoms with van der Waals surface area (Å²) >= 11 is 0. The van der Waals surface area contributed by atoms with E-state index in [0.29, 0.717) is 0 Å². The molecule has 0 atom stereocenters. The summed E-state index contributed by atoms with van der Waals surface area (Å²) in [4.78, 5) is 0. The highest BCUT2D eigenvalue weighted by molar-refractivity contribution is 5.25. The topological polar surface area (TPSA) is 38.0 Å². The van der Waals surface area contributed by atoms with E-state index in [-0.39, 0.29) is 6.61 Å². The summed E-state index contributed by atoms with van der Waals surface area (Å²) in [6, 6.07) is 0. The van der Waals surface area contributed by atoms with Crippen molar-refractivity contribution in [3.63, 3.8) is 0 Å². The van der Waals surface area contributed by atoms with Crippen LogP contribution in [-0.4, -0.2) is 14.9 Å². The van der Waals surface area contributed by atoms with Crippen LogP contribution >= 0.6 is 0 Å². The third-order valence-corrected chi connectivity index (χ3v) is 3.23. The third kappa shape index (κ3) is 3.56. The van der Waals surface area contributed by atoms with Crippen molar-refractivity contribution >= 4 is 0 Å². The van der Waals surface area contributed by atoms with Gasteiger partial charge in [-0.1, -0.05) is 27.7 Å². The van der Waals surface area contributed by atoms with Crippen LogP contribution in [0.25, 0.3) is 0 Å². The molecular formula is C14H26N2O. The molecule has 1 aromatic rings. The Morgan fingerprint density at radius 2 is 1.94 bits per heavy atom. The molecule has 1 rings (SSSR count). The highest BCUT2D eigenvalue weighted by Crippen LogP contribution is 2.17. The van der Waals surface area contributed by atoms with Crippen molar-refractivity contribution in [3.05, 3.63) is 17.0 Å². The van der Waals surface area contributed by atoms with E-state index in [4.69, 9.17) is 0 Å². The highest BCUT2D eigenvalue weighted by Gasteiger charge is 2.14. The first kappa shape index (κ1) is 14.2. The number of hydrogen-bond acceptors (Lipinski definition) is 2. The van der Waals surface area contributed by atoms with E-state index in [2.05, 4.69) is 37.5 Å². The Hall–Kier alpha value is -0.830. The minimum atomic E-state index is 0.122. The van der Waals surface area contributed by atoms with Crippen molar-refractivity contribution in [3.8, 4) is 0 Å². The summed E-state index contributed by atoms with van der Waals surface area (Å²) in [6.07, 6.45) is 4.25. The van der Waals surface area contributed by atoms with Gasteiger partial charge in [0.15, 0.2) is 0 Å². The maximum absolute atomic E-state index is 9.44. The zero-order valence-corrected chi connectivity index (χ0v) is 11.7. The zero-order valence-electron chi connectivity index (χ0n) is 11.7. The van der Waals surface area contributed by atoms with E-state index in [0.717, 1.165) is 36.6 Å². The average Bonchev–Trinajstić information content (AvgIpc) is 2.65. The smallest absolute Gasteiger partial charge is 0.0718 e. The van der Waals surface area contributed by atoms with Gasteiger partial charge in [-0.3, -0.25) is 4.68 Å². The van der Waals surface area contributed by atoms with Gasteiger partial charge in [-0.15, -0.1) is 0 Å². The molecule has 0 aliphatic carbocycles. The van der Waals surface area contributed by atoms with E-state index in [9.17, 15) is 5.11 Å². The second-order valence-electron chi connectivity index (χ2n) is 5.00. The normalized spacial score (nSPS) is 11.4. The van der Waals surface area contributed by atoms with Crippen molar-refractivity contribution in [2.45, 2.75) is 66.5 Å². The van der Waals surface area contributed by atoms with Crippen LogP contribution in [0.4, 0.5) is 0 Å². The molecule has 0 unspecified atom stereocenters. The standard InChI is InChI=1S/C14H26N2O/c1-5-13-12(10-17)14(6-2)16(15-13)9-7-8-11(3)4/h11,17H,5-10H2,1-4H3. The SMILES string of the molecule is CCc1nn(CCCC(C)C)c(CC)c1CO. The van der Waals surface area contributed by atoms with Gasteiger partial charge in [0, 0.05) is 17.8 Å². The second-order valence-corrected chi connectivity index (χ2v) is 5.00. The van der Waals surface area contributed by atoms with Crippen LogP contribution in [0.3, 0.4) is 0 Å². The van der Waals surface area contributed by atoms with Gasteiger partial charge in [-0.2, -0.15) is 5.10 Å². The molecule has 0 spiro atoms. The fourth-order valence-corrected chi connectivity index (χ4v) is 2.29. The van der Waals surface area contributed by atoms with Crippen LogP contribution in [-0.2, 0) is 26.0 Å². The summed E-state index contributed by atoms with van der Waals surface area (Å²) in [5.41, 5.74) is 3.33. The maximum Gasteiger partial charge on any atom is 0.0718 e. The molecule has 0 bridgehead atoms. The lowest BCUT2D eigenvalue weighted by atomic mass is 10.1. The van der Waals surface area contributed by atoms with E-state index in [1.807, 2.05) is 0 Å². The summed E-state index contributed by atoms with van der Waals surface area (Å²) < 4.78 is 2.10. The van der Waals surface area contributed by atoms with Gasteiger partial charge in [0.25, 0.3) is 0 Å². The molecule has 0 aliphatic rings. The number of nitrogens with zero attached hydrogens (tertiary/aromatic N) is 2. The van der Waals surface area contributed by atoms with Crippen molar-refractivity contribution < 1.29 is 5.11 Å². The van der Waals surface area contributed by atoms with Gasteiger partial charge in [-0.25, -0.2) is 0 Å². The monoisotopic (exact) mass is 238 g/mol. The minimum absolute atomic E-state index is 0.122. The lowest BCUT2D eigenvalue weighted by Crippen LogP contribution is -2.06. The number of rotatable bonds is 7. The Labute approximate surface area is 105 Å². The average molecular weight is 238 g/mol. The van der Waals surface area contributed by atoms with Gasteiger partial charge in [-0.05, 0) is 31.6 Å². The lowest BCUT2D eigenvalue weighted by molar-refractivity contribution is 0.279. The second kappa shape index (κ2) is 6.80. The van der Waals surface area contributed by atoms with Crippen LogP contribution in [0.2, 0.25) is 0 Å². The Kier molecular flexibility index (Phi) is 5.69. The van der Waals surface area contributed by atoms with Gasteiger partial charge < -0.3 is 5.11 Å². The molecule has 0 saturated heterocycles. The van der Waals surface area contributed by atoms with Crippen LogP contribution in [0, 0.1) is 5.92 Å². The summed E-state index contributed by atoms with van der Waals surface area (Å²) in [5.74, 6) is 0.749. The molecule has 1 heterocycles. The fraction of sp³-hybridized carbons (Fsp3) is 0.786. The summed E-state index contributed by atoms with van der Waals surface area (Å²) in [6.45, 7) is 9.83. The molecule has 0 saturated carbocycles. The quantitative estimate of drug-likeness (QED) is 0.793. The molecule has 0 aliphatic heterocycles. The van der Waals surface area contributed by atoms with Crippen LogP contribution in [0.1, 0.15) is 57.5 Å². The molecule has 98 valence electrons. The number of aryl methyl sites for hydroxylation is 2. The Balaban J connectivity index is 2.80. The maximum atomic E-state index is 9.44. The molecule has 17 heavy (non-hydrogen) atoms. The predicted octanol–water partition coefficient (Wildman–Crippen LogP) is 2.94. The van der Waals surface area contributed by atoms with E-state index >= 15 is 0 Å². The van der Waals surface area contributed by atoms with Crippen molar-refractivity contribution in [2.24, 2.45) is 5.92 Å². The molecule has 1 aromatic heterocycles. The Morgan fingerprint density at radius 3 is 2.41 bits per heavy atom. The summed E-state index contributed by atoms with van der Waals surface area (Å²) in [5, 5.41) is 14.1. The first-order valence-electron chi connectivity index (χ1n) is 6.82. The van der Waals surface area contributed by atoms with Crippen molar-refractivity contribution in [2.75, 3.05) is 0 Å². The fourth-order valence-electron chi connectivity index (χ4n) is 2.29. The summed E-state index contributed by atoms with van der Waals surface area (Å²) in [7, 11) is 0. The molecule has 0 fully saturated rings. The van der Waals surface area contributed by atoms with Gasteiger partial charge in [0.1, 0.15) is 0 Å². The molecule has 3 nitrogen and oxygen atoms in total. The van der Waals surface area contributed by atoms with Crippen LogP contribution in [0.15, 0.2) is 0 Å². The van der Waals surface area contributed by atoms with E-state index < -0.39 is 0 Å². The molecule has 0 amide bonds. The number of aliphatic hydroxyl groups is 1. The first-order valence-corrected chi connectivity index (χ1v) is 6.82. The zero-order chi connectivity index (χ0) is 12.8. The number of aromatic nitrogens is 2. The number of hydrogen-bond donors (Lipinski definition) is 1. The van der Waals surface area contributed by atoms with Crippen molar-refractivity contribution in [1.82, 2.24) is 9.78 Å². The van der Waals surface area contributed by atoms with E-state index in [1.165, 1.54) is 18.5 Å².